The summed E-state index contributed by atoms with van der Waals surface area (Å²) in [6, 6.07) is 6.02. The molecule has 2 aromatic rings. The lowest BCUT2D eigenvalue weighted by Gasteiger charge is -2.19. The third-order valence-electron chi connectivity index (χ3n) is 2.50. The first kappa shape index (κ1) is 14.6. The average molecular weight is 293 g/mol. The van der Waals surface area contributed by atoms with E-state index in [1.165, 1.54) is 0 Å². The van der Waals surface area contributed by atoms with Crippen LogP contribution in [-0.2, 0) is 11.3 Å². The van der Waals surface area contributed by atoms with Crippen LogP contribution < -0.4 is 10.6 Å². The zero-order chi connectivity index (χ0) is 14.8. The maximum atomic E-state index is 11.6. The van der Waals surface area contributed by atoms with Crippen LogP contribution in [0.25, 0.3) is 10.2 Å². The predicted molar refractivity (Wildman–Crippen MR) is 82.2 cm³/mol. The Morgan fingerprint density at radius 2 is 2.15 bits per heavy atom. The van der Waals surface area contributed by atoms with Crippen LogP contribution in [0.3, 0.4) is 0 Å². The first-order valence-corrected chi connectivity index (χ1v) is 7.23. The first-order chi connectivity index (χ1) is 9.37. The van der Waals surface area contributed by atoms with E-state index in [2.05, 4.69) is 15.6 Å². The van der Waals surface area contributed by atoms with Crippen molar-refractivity contribution in [2.75, 3.05) is 12.4 Å². The number of nitrogens with zero attached hydrogens (tertiary/aromatic N) is 1. The van der Waals surface area contributed by atoms with Gasteiger partial charge >= 0.3 is 6.09 Å². The summed E-state index contributed by atoms with van der Waals surface area (Å²) in [5, 5.41) is 6.66. The Morgan fingerprint density at radius 3 is 2.80 bits per heavy atom. The average Bonchev–Trinajstić information content (AvgIpc) is 2.75. The highest BCUT2D eigenvalue weighted by Crippen LogP contribution is 2.24. The largest absolute Gasteiger partial charge is 0.444 e. The smallest absolute Gasteiger partial charge is 0.408 e. The predicted octanol–water partition coefficient (Wildman–Crippen LogP) is 3.36. The molecular formula is C14H19N3O2S. The van der Waals surface area contributed by atoms with Gasteiger partial charge in [0, 0.05) is 12.7 Å². The van der Waals surface area contributed by atoms with Crippen LogP contribution in [0.5, 0.6) is 0 Å². The minimum atomic E-state index is -0.487. The number of hydrogen-bond acceptors (Lipinski definition) is 5. The van der Waals surface area contributed by atoms with Gasteiger partial charge in [0.05, 0.1) is 16.8 Å². The monoisotopic (exact) mass is 293 g/mol. The maximum Gasteiger partial charge on any atom is 0.408 e. The van der Waals surface area contributed by atoms with Crippen molar-refractivity contribution in [1.29, 1.82) is 0 Å². The van der Waals surface area contributed by atoms with E-state index in [1.54, 1.807) is 11.3 Å². The molecule has 1 heterocycles. The minimum Gasteiger partial charge on any atom is -0.444 e. The lowest BCUT2D eigenvalue weighted by molar-refractivity contribution is 0.0523. The molecule has 0 aliphatic heterocycles. The van der Waals surface area contributed by atoms with Crippen LogP contribution in [0, 0.1) is 0 Å². The second-order valence-corrected chi connectivity index (χ2v) is 6.51. The van der Waals surface area contributed by atoms with Gasteiger partial charge in [-0.25, -0.2) is 9.78 Å². The fourth-order valence-electron chi connectivity index (χ4n) is 1.67. The summed E-state index contributed by atoms with van der Waals surface area (Å²) in [5.41, 5.74) is 1.47. The van der Waals surface area contributed by atoms with Crippen molar-refractivity contribution >= 4 is 33.3 Å². The Hall–Kier alpha value is -1.82. The molecule has 2 N–H and O–H groups in total. The molecule has 0 saturated heterocycles. The van der Waals surface area contributed by atoms with Crippen LogP contribution in [0.15, 0.2) is 18.2 Å². The number of anilines is 1. The second-order valence-electron chi connectivity index (χ2n) is 5.40. The quantitative estimate of drug-likeness (QED) is 0.911. The van der Waals surface area contributed by atoms with Gasteiger partial charge in [0.2, 0.25) is 0 Å². The summed E-state index contributed by atoms with van der Waals surface area (Å²) in [6.45, 7) is 5.89. The van der Waals surface area contributed by atoms with E-state index >= 15 is 0 Å². The van der Waals surface area contributed by atoms with Crippen molar-refractivity contribution in [3.63, 3.8) is 0 Å². The number of thiazole rings is 1. The lowest BCUT2D eigenvalue weighted by atomic mass is 10.2. The first-order valence-electron chi connectivity index (χ1n) is 6.41. The number of alkyl carbamates (subject to hydrolysis) is 1. The number of ether oxygens (including phenoxy) is 1. The molecule has 0 spiro atoms. The molecule has 0 atom stereocenters. The Kier molecular flexibility index (Phi) is 4.13. The number of carbonyl (C=O) groups excluding carboxylic acids is 1. The van der Waals surface area contributed by atoms with E-state index in [0.717, 1.165) is 20.9 Å². The Labute approximate surface area is 122 Å². The van der Waals surface area contributed by atoms with Gasteiger partial charge in [-0.1, -0.05) is 0 Å². The Bertz CT molecular complexity index is 616. The van der Waals surface area contributed by atoms with Crippen molar-refractivity contribution in [2.24, 2.45) is 0 Å². The Morgan fingerprint density at radius 1 is 1.40 bits per heavy atom. The van der Waals surface area contributed by atoms with Gasteiger partial charge in [-0.3, -0.25) is 0 Å². The molecule has 0 aliphatic rings. The molecule has 0 unspecified atom stereocenters. The van der Waals surface area contributed by atoms with Gasteiger partial charge in [-0.05, 0) is 39.0 Å². The van der Waals surface area contributed by atoms with E-state index in [0.29, 0.717) is 6.54 Å². The van der Waals surface area contributed by atoms with Gasteiger partial charge in [0.25, 0.3) is 0 Å². The van der Waals surface area contributed by atoms with Crippen LogP contribution in [-0.4, -0.2) is 23.7 Å². The van der Waals surface area contributed by atoms with Crippen molar-refractivity contribution in [3.8, 4) is 0 Å². The number of aromatic nitrogens is 1. The summed E-state index contributed by atoms with van der Waals surface area (Å²) < 4.78 is 6.29. The number of amides is 1. The molecule has 0 aliphatic carbocycles. The zero-order valence-electron chi connectivity index (χ0n) is 12.1. The molecule has 1 aromatic carbocycles. The highest BCUT2D eigenvalue weighted by molar-refractivity contribution is 7.18. The molecule has 6 heteroatoms. The number of rotatable bonds is 3. The second kappa shape index (κ2) is 5.66. The van der Waals surface area contributed by atoms with E-state index in [1.807, 2.05) is 46.0 Å². The fraction of sp³-hybridized carbons (Fsp3) is 0.429. The van der Waals surface area contributed by atoms with Crippen molar-refractivity contribution < 1.29 is 9.53 Å². The summed E-state index contributed by atoms with van der Waals surface area (Å²) in [7, 11) is 1.87. The normalized spacial score (nSPS) is 11.4. The van der Waals surface area contributed by atoms with E-state index in [-0.39, 0.29) is 0 Å². The molecule has 20 heavy (non-hydrogen) atoms. The van der Waals surface area contributed by atoms with Crippen LogP contribution in [0.2, 0.25) is 0 Å². The molecule has 1 amide bonds. The van der Waals surface area contributed by atoms with Gasteiger partial charge < -0.3 is 15.4 Å². The van der Waals surface area contributed by atoms with Crippen LogP contribution in [0.1, 0.15) is 25.8 Å². The number of carbonyl (C=O) groups is 1. The third kappa shape index (κ3) is 3.84. The zero-order valence-corrected chi connectivity index (χ0v) is 12.9. The summed E-state index contributed by atoms with van der Waals surface area (Å²) in [6.07, 6.45) is -0.423. The van der Waals surface area contributed by atoms with Crippen LogP contribution in [0.4, 0.5) is 10.5 Å². The van der Waals surface area contributed by atoms with Crippen molar-refractivity contribution in [2.45, 2.75) is 32.9 Å². The molecule has 5 nitrogen and oxygen atoms in total. The summed E-state index contributed by atoms with van der Waals surface area (Å²) >= 11 is 1.57. The molecule has 1 aromatic heterocycles. The molecule has 0 radical (unpaired) electrons. The topological polar surface area (TPSA) is 63.2 Å². The SMILES string of the molecule is CNc1ccc2sc(CNC(=O)OC(C)(C)C)nc2c1. The number of benzene rings is 1. The number of hydrogen-bond donors (Lipinski definition) is 2. The van der Waals surface area contributed by atoms with Gasteiger partial charge in [0.15, 0.2) is 0 Å². The molecule has 2 rings (SSSR count). The standard InChI is InChI=1S/C14H19N3O2S/c1-14(2,3)19-13(18)16-8-12-17-10-7-9(15-4)5-6-11(10)20-12/h5-7,15H,8H2,1-4H3,(H,16,18). The van der Waals surface area contributed by atoms with Crippen LogP contribution >= 0.6 is 11.3 Å². The maximum absolute atomic E-state index is 11.6. The minimum absolute atomic E-state index is 0.378. The van der Waals surface area contributed by atoms with Gasteiger partial charge in [-0.15, -0.1) is 11.3 Å². The highest BCUT2D eigenvalue weighted by atomic mass is 32.1. The van der Waals surface area contributed by atoms with E-state index in [9.17, 15) is 4.79 Å². The fourth-order valence-corrected chi connectivity index (χ4v) is 2.56. The van der Waals surface area contributed by atoms with Gasteiger partial charge in [0.1, 0.15) is 10.6 Å². The summed E-state index contributed by atoms with van der Waals surface area (Å²) in [4.78, 5) is 16.1. The number of fused-ring (bicyclic) bond motifs is 1. The highest BCUT2D eigenvalue weighted by Gasteiger charge is 2.16. The van der Waals surface area contributed by atoms with Crippen molar-refractivity contribution in [1.82, 2.24) is 10.3 Å². The van der Waals surface area contributed by atoms with E-state index in [4.69, 9.17) is 4.74 Å². The van der Waals surface area contributed by atoms with Crippen molar-refractivity contribution in [3.05, 3.63) is 23.2 Å². The molecule has 108 valence electrons. The summed E-state index contributed by atoms with van der Waals surface area (Å²) in [5.74, 6) is 0. The molecule has 0 bridgehead atoms. The Balaban J connectivity index is 2.01. The van der Waals surface area contributed by atoms with E-state index < -0.39 is 11.7 Å². The number of nitrogens with one attached hydrogen (secondary N) is 2. The van der Waals surface area contributed by atoms with Gasteiger partial charge in [-0.2, -0.15) is 0 Å². The molecule has 0 fully saturated rings. The third-order valence-corrected chi connectivity index (χ3v) is 3.54. The molecular weight excluding hydrogens is 274 g/mol. The molecule has 0 saturated carbocycles. The lowest BCUT2D eigenvalue weighted by Crippen LogP contribution is -2.32.